The largest absolute Gasteiger partial charge is 0.477 e. The Labute approximate surface area is 81.8 Å². The van der Waals surface area contributed by atoms with E-state index in [4.69, 9.17) is 5.11 Å². The highest BCUT2D eigenvalue weighted by molar-refractivity contribution is 6.35. The van der Waals surface area contributed by atoms with Crippen LogP contribution in [0.2, 0.25) is 0 Å². The minimum absolute atomic E-state index is 0.00120. The summed E-state index contributed by atoms with van der Waals surface area (Å²) in [5, 5.41) is 12.2. The third-order valence-corrected chi connectivity index (χ3v) is 1.66. The predicted molar refractivity (Wildman–Crippen MR) is 52.2 cm³/mol. The maximum Gasteiger partial charge on any atom is 0.354 e. The first-order chi connectivity index (χ1) is 6.74. The zero-order valence-electron chi connectivity index (χ0n) is 7.80. The van der Waals surface area contributed by atoms with Crippen molar-refractivity contribution in [3.8, 4) is 0 Å². The third-order valence-electron chi connectivity index (χ3n) is 1.66. The van der Waals surface area contributed by atoms with E-state index >= 15 is 0 Å². The maximum atomic E-state index is 10.7. The highest BCUT2D eigenvalue weighted by Crippen LogP contribution is 2.01. The first-order valence-electron chi connectivity index (χ1n) is 4.11. The fourth-order valence-electron chi connectivity index (χ4n) is 1.05. The van der Waals surface area contributed by atoms with Gasteiger partial charge in [0.2, 0.25) is 0 Å². The number of benzene rings is 1. The fraction of sp³-hybridized carbons (Fsp3) is 0.200. The van der Waals surface area contributed by atoms with E-state index < -0.39 is 5.97 Å². The van der Waals surface area contributed by atoms with Crippen LogP contribution in [-0.2, 0) is 16.1 Å². The summed E-state index contributed by atoms with van der Waals surface area (Å²) < 4.78 is 0. The smallest absolute Gasteiger partial charge is 0.354 e. The molecule has 0 atom stereocenters. The normalized spacial score (nSPS) is 11.1. The minimum Gasteiger partial charge on any atom is -0.477 e. The molecule has 0 amide bonds. The zero-order chi connectivity index (χ0) is 10.4. The van der Waals surface area contributed by atoms with Crippen LogP contribution in [0.25, 0.3) is 0 Å². The summed E-state index contributed by atoms with van der Waals surface area (Å²) in [6, 6.07) is 9.25. The van der Waals surface area contributed by atoms with Crippen molar-refractivity contribution in [1.82, 2.24) is 0 Å². The summed E-state index contributed by atoms with van der Waals surface area (Å²) >= 11 is 0. The number of carboxylic acids is 1. The molecule has 4 nitrogen and oxygen atoms in total. The second kappa shape index (κ2) is 5.01. The molecule has 1 N–H and O–H groups in total. The molecule has 14 heavy (non-hydrogen) atoms. The van der Waals surface area contributed by atoms with Gasteiger partial charge in [0.05, 0.1) is 0 Å². The molecule has 0 saturated heterocycles. The van der Waals surface area contributed by atoms with Crippen LogP contribution in [0.4, 0.5) is 0 Å². The van der Waals surface area contributed by atoms with E-state index in [0.29, 0.717) is 0 Å². The number of rotatable bonds is 4. The quantitative estimate of drug-likeness (QED) is 0.579. The van der Waals surface area contributed by atoms with Crippen molar-refractivity contribution < 1.29 is 14.7 Å². The molecule has 0 aliphatic heterocycles. The number of aliphatic carboxylic acids is 1. The lowest BCUT2D eigenvalue weighted by atomic mass is 10.1. The Bertz CT molecular complexity index is 332. The molecule has 0 spiro atoms. The van der Waals surface area contributed by atoms with E-state index in [9.17, 15) is 4.79 Å². The summed E-state index contributed by atoms with van der Waals surface area (Å²) in [6.07, 6.45) is 0.268. The molecule has 0 aliphatic rings. The van der Waals surface area contributed by atoms with Crippen molar-refractivity contribution >= 4 is 11.7 Å². The Hall–Kier alpha value is -1.84. The van der Waals surface area contributed by atoms with Gasteiger partial charge in [0, 0.05) is 6.42 Å². The molecule has 0 radical (unpaired) electrons. The molecule has 74 valence electrons. The van der Waals surface area contributed by atoms with Gasteiger partial charge in [-0.25, -0.2) is 4.79 Å². The summed E-state index contributed by atoms with van der Waals surface area (Å²) in [5.41, 5.74) is 0.893. The Balaban J connectivity index is 2.76. The van der Waals surface area contributed by atoms with Gasteiger partial charge in [-0.1, -0.05) is 35.5 Å². The fourth-order valence-corrected chi connectivity index (χ4v) is 1.05. The lowest BCUT2D eigenvalue weighted by Gasteiger charge is -2.00. The molecular formula is C10H11NO3. The molecule has 0 aromatic heterocycles. The van der Waals surface area contributed by atoms with Crippen LogP contribution >= 0.6 is 0 Å². The lowest BCUT2D eigenvalue weighted by molar-refractivity contribution is -0.129. The first kappa shape index (κ1) is 10.2. The minimum atomic E-state index is -1.06. The number of nitrogens with zero attached hydrogens (tertiary/aromatic N) is 1. The highest BCUT2D eigenvalue weighted by atomic mass is 16.6. The molecule has 0 saturated carbocycles. The van der Waals surface area contributed by atoms with Crippen LogP contribution in [-0.4, -0.2) is 23.9 Å². The average Bonchev–Trinajstić information content (AvgIpc) is 2.18. The molecule has 0 unspecified atom stereocenters. The van der Waals surface area contributed by atoms with Gasteiger partial charge in [0.15, 0.2) is 5.71 Å². The Kier molecular flexibility index (Phi) is 3.67. The summed E-state index contributed by atoms with van der Waals surface area (Å²) in [7, 11) is 1.33. The summed E-state index contributed by atoms with van der Waals surface area (Å²) in [6.45, 7) is 0. The van der Waals surface area contributed by atoms with Crippen LogP contribution in [0.3, 0.4) is 0 Å². The molecule has 0 aliphatic carbocycles. The number of hydrogen-bond donors (Lipinski definition) is 1. The average molecular weight is 193 g/mol. The van der Waals surface area contributed by atoms with Crippen molar-refractivity contribution in [2.24, 2.45) is 5.16 Å². The monoisotopic (exact) mass is 193 g/mol. The van der Waals surface area contributed by atoms with E-state index in [1.807, 2.05) is 30.3 Å². The van der Waals surface area contributed by atoms with E-state index in [2.05, 4.69) is 9.99 Å². The SMILES string of the molecule is CON=C(Cc1ccccc1)C(=O)O. The number of carboxylic acid groups (broad SMARTS) is 1. The molecule has 0 heterocycles. The van der Waals surface area contributed by atoms with E-state index in [1.165, 1.54) is 7.11 Å². The van der Waals surface area contributed by atoms with Crippen LogP contribution < -0.4 is 0 Å². The maximum absolute atomic E-state index is 10.7. The lowest BCUT2D eigenvalue weighted by Crippen LogP contribution is -2.16. The molecule has 0 bridgehead atoms. The Morgan fingerprint density at radius 3 is 2.57 bits per heavy atom. The van der Waals surface area contributed by atoms with Crippen LogP contribution in [0.15, 0.2) is 35.5 Å². The predicted octanol–water partition coefficient (Wildman–Crippen LogP) is 1.32. The second-order valence-corrected chi connectivity index (χ2v) is 2.69. The number of oxime groups is 1. The van der Waals surface area contributed by atoms with Crippen LogP contribution in [0.1, 0.15) is 5.56 Å². The molecule has 4 heteroatoms. The van der Waals surface area contributed by atoms with E-state index in [-0.39, 0.29) is 12.1 Å². The number of hydrogen-bond acceptors (Lipinski definition) is 3. The van der Waals surface area contributed by atoms with Crippen molar-refractivity contribution in [2.75, 3.05) is 7.11 Å². The van der Waals surface area contributed by atoms with Crippen molar-refractivity contribution in [1.29, 1.82) is 0 Å². The van der Waals surface area contributed by atoms with Gasteiger partial charge < -0.3 is 9.94 Å². The Morgan fingerprint density at radius 1 is 1.43 bits per heavy atom. The summed E-state index contributed by atoms with van der Waals surface area (Å²) in [5.74, 6) is -1.06. The standard InChI is InChI=1S/C10H11NO3/c1-14-11-9(10(12)13)7-8-5-3-2-4-6-8/h2-6H,7H2,1H3,(H,12,13). The highest BCUT2D eigenvalue weighted by Gasteiger charge is 2.10. The van der Waals surface area contributed by atoms with Gasteiger partial charge in [-0.2, -0.15) is 0 Å². The van der Waals surface area contributed by atoms with Gasteiger partial charge in [-0.15, -0.1) is 0 Å². The van der Waals surface area contributed by atoms with Crippen molar-refractivity contribution in [2.45, 2.75) is 6.42 Å². The van der Waals surface area contributed by atoms with Crippen molar-refractivity contribution in [3.63, 3.8) is 0 Å². The van der Waals surface area contributed by atoms with Gasteiger partial charge in [0.1, 0.15) is 7.11 Å². The van der Waals surface area contributed by atoms with Crippen LogP contribution in [0.5, 0.6) is 0 Å². The Morgan fingerprint density at radius 2 is 2.07 bits per heavy atom. The second-order valence-electron chi connectivity index (χ2n) is 2.69. The number of carbonyl (C=O) groups is 1. The van der Waals surface area contributed by atoms with Gasteiger partial charge in [0.25, 0.3) is 0 Å². The van der Waals surface area contributed by atoms with E-state index in [0.717, 1.165) is 5.56 Å². The van der Waals surface area contributed by atoms with Crippen molar-refractivity contribution in [3.05, 3.63) is 35.9 Å². The topological polar surface area (TPSA) is 58.9 Å². The molecule has 1 aromatic rings. The van der Waals surface area contributed by atoms with Gasteiger partial charge in [-0.05, 0) is 5.56 Å². The zero-order valence-corrected chi connectivity index (χ0v) is 7.80. The first-order valence-corrected chi connectivity index (χ1v) is 4.11. The molecule has 1 rings (SSSR count). The van der Waals surface area contributed by atoms with E-state index in [1.54, 1.807) is 0 Å². The molecular weight excluding hydrogens is 182 g/mol. The summed E-state index contributed by atoms with van der Waals surface area (Å²) in [4.78, 5) is 15.1. The van der Waals surface area contributed by atoms with Gasteiger partial charge in [-0.3, -0.25) is 0 Å². The molecule has 1 aromatic carbocycles. The third kappa shape index (κ3) is 2.90. The van der Waals surface area contributed by atoms with Crippen LogP contribution in [0, 0.1) is 0 Å². The molecule has 0 fully saturated rings. The van der Waals surface area contributed by atoms with Gasteiger partial charge >= 0.3 is 5.97 Å².